The van der Waals surface area contributed by atoms with Crippen LogP contribution in [0.2, 0.25) is 6.55 Å². The molecule has 0 aromatic heterocycles. The average molecular weight is 341 g/mol. The predicted molar refractivity (Wildman–Crippen MR) is 108 cm³/mol. The van der Waals surface area contributed by atoms with Gasteiger partial charge in [-0.2, -0.15) is 0 Å². The SMILES string of the molecule is CCCCCCCCCO[Si](C)(c1ccccc1)c1ccccc1. The first-order chi connectivity index (χ1) is 11.8. The van der Waals surface area contributed by atoms with Gasteiger partial charge in [0, 0.05) is 6.61 Å². The van der Waals surface area contributed by atoms with Crippen molar-refractivity contribution in [2.24, 2.45) is 0 Å². The average Bonchev–Trinajstić information content (AvgIpc) is 2.65. The molecule has 2 aromatic carbocycles. The van der Waals surface area contributed by atoms with Crippen molar-refractivity contribution in [1.29, 1.82) is 0 Å². The first-order valence-electron chi connectivity index (χ1n) is 9.52. The predicted octanol–water partition coefficient (Wildman–Crippen LogP) is 5.14. The molecule has 2 aromatic rings. The van der Waals surface area contributed by atoms with Gasteiger partial charge in [0.1, 0.15) is 0 Å². The highest BCUT2D eigenvalue weighted by Crippen LogP contribution is 2.11. The van der Waals surface area contributed by atoms with E-state index in [2.05, 4.69) is 74.1 Å². The van der Waals surface area contributed by atoms with Crippen molar-refractivity contribution in [3.63, 3.8) is 0 Å². The molecule has 1 nitrogen and oxygen atoms in total. The number of unbranched alkanes of at least 4 members (excludes halogenated alkanes) is 6. The van der Waals surface area contributed by atoms with Crippen LogP contribution in [0.15, 0.2) is 60.7 Å². The third-order valence-corrected chi connectivity index (χ3v) is 8.44. The summed E-state index contributed by atoms with van der Waals surface area (Å²) in [6, 6.07) is 21.6. The molecule has 0 N–H and O–H groups in total. The fourth-order valence-corrected chi connectivity index (χ4v) is 6.06. The topological polar surface area (TPSA) is 9.23 Å². The van der Waals surface area contributed by atoms with Gasteiger partial charge in [0.05, 0.1) is 0 Å². The van der Waals surface area contributed by atoms with Crippen molar-refractivity contribution >= 4 is 18.7 Å². The monoisotopic (exact) mass is 340 g/mol. The van der Waals surface area contributed by atoms with Crippen LogP contribution in [-0.4, -0.2) is 14.9 Å². The molecule has 0 bridgehead atoms. The fourth-order valence-electron chi connectivity index (χ4n) is 3.18. The summed E-state index contributed by atoms with van der Waals surface area (Å²) in [5, 5.41) is 2.72. The third kappa shape index (κ3) is 5.61. The Morgan fingerprint density at radius 3 is 1.62 bits per heavy atom. The highest BCUT2D eigenvalue weighted by molar-refractivity contribution is 6.96. The molecule has 0 unspecified atom stereocenters. The molecule has 0 radical (unpaired) electrons. The highest BCUT2D eigenvalue weighted by atomic mass is 28.4. The molecule has 0 aliphatic heterocycles. The summed E-state index contributed by atoms with van der Waals surface area (Å²) in [5.74, 6) is 0. The van der Waals surface area contributed by atoms with E-state index in [1.807, 2.05) is 0 Å². The maximum absolute atomic E-state index is 6.57. The Labute approximate surface area is 149 Å². The van der Waals surface area contributed by atoms with E-state index in [0.29, 0.717) is 0 Å². The summed E-state index contributed by atoms with van der Waals surface area (Å²) in [4.78, 5) is 0. The molecule has 0 aliphatic rings. The molecule has 24 heavy (non-hydrogen) atoms. The third-order valence-electron chi connectivity index (χ3n) is 4.79. The van der Waals surface area contributed by atoms with Gasteiger partial charge in [-0.05, 0) is 23.3 Å². The molecule has 0 aliphatic carbocycles. The van der Waals surface area contributed by atoms with Gasteiger partial charge in [-0.25, -0.2) is 0 Å². The van der Waals surface area contributed by atoms with E-state index in [9.17, 15) is 0 Å². The lowest BCUT2D eigenvalue weighted by atomic mass is 10.1. The van der Waals surface area contributed by atoms with E-state index >= 15 is 0 Å². The standard InChI is InChI=1S/C22H32OSi/c1-3-4-5-6-7-8-15-20-23-24(2,21-16-11-9-12-17-21)22-18-13-10-14-19-22/h9-14,16-19H,3-8,15,20H2,1-2H3. The van der Waals surface area contributed by atoms with Gasteiger partial charge in [0.15, 0.2) is 0 Å². The summed E-state index contributed by atoms with van der Waals surface area (Å²) >= 11 is 0. The molecule has 2 heteroatoms. The molecule has 0 atom stereocenters. The molecule has 0 saturated carbocycles. The minimum absolute atomic E-state index is 0.875. The Morgan fingerprint density at radius 2 is 1.12 bits per heavy atom. The van der Waals surface area contributed by atoms with E-state index in [1.165, 1.54) is 55.3 Å². The Bertz CT molecular complexity index is 513. The Balaban J connectivity index is 1.91. The highest BCUT2D eigenvalue weighted by Gasteiger charge is 2.33. The minimum atomic E-state index is -2.08. The molecule has 0 fully saturated rings. The van der Waals surface area contributed by atoms with Crippen LogP contribution in [0, 0.1) is 0 Å². The molecule has 0 spiro atoms. The van der Waals surface area contributed by atoms with E-state index in [-0.39, 0.29) is 0 Å². The molecular weight excluding hydrogens is 308 g/mol. The smallest absolute Gasteiger partial charge is 0.252 e. The van der Waals surface area contributed by atoms with Gasteiger partial charge < -0.3 is 4.43 Å². The van der Waals surface area contributed by atoms with E-state index in [0.717, 1.165) is 6.61 Å². The zero-order valence-corrected chi connectivity index (χ0v) is 16.3. The van der Waals surface area contributed by atoms with Crippen LogP contribution in [0.5, 0.6) is 0 Å². The summed E-state index contributed by atoms with van der Waals surface area (Å²) < 4.78 is 6.57. The Hall–Kier alpha value is -1.38. The van der Waals surface area contributed by atoms with Crippen molar-refractivity contribution in [3.8, 4) is 0 Å². The minimum Gasteiger partial charge on any atom is -0.408 e. The lowest BCUT2D eigenvalue weighted by Crippen LogP contribution is -2.58. The largest absolute Gasteiger partial charge is 0.408 e. The first-order valence-corrected chi connectivity index (χ1v) is 11.9. The van der Waals surface area contributed by atoms with Gasteiger partial charge in [-0.3, -0.25) is 0 Å². The van der Waals surface area contributed by atoms with Crippen molar-refractivity contribution in [1.82, 2.24) is 0 Å². The fraction of sp³-hybridized carbons (Fsp3) is 0.455. The second-order valence-corrected chi connectivity index (χ2v) is 10.2. The lowest BCUT2D eigenvalue weighted by molar-refractivity contribution is 0.305. The van der Waals surface area contributed by atoms with Crippen molar-refractivity contribution in [3.05, 3.63) is 60.7 Å². The summed E-state index contributed by atoms with van der Waals surface area (Å²) in [7, 11) is -2.08. The summed E-state index contributed by atoms with van der Waals surface area (Å²) in [6.07, 6.45) is 9.27. The molecule has 0 saturated heterocycles. The van der Waals surface area contributed by atoms with Crippen molar-refractivity contribution in [2.45, 2.75) is 58.4 Å². The van der Waals surface area contributed by atoms with Crippen molar-refractivity contribution < 1.29 is 4.43 Å². The number of benzene rings is 2. The van der Waals surface area contributed by atoms with Gasteiger partial charge >= 0.3 is 0 Å². The van der Waals surface area contributed by atoms with Crippen LogP contribution in [0.4, 0.5) is 0 Å². The zero-order chi connectivity index (χ0) is 17.1. The Morgan fingerprint density at radius 1 is 0.667 bits per heavy atom. The zero-order valence-electron chi connectivity index (χ0n) is 15.3. The number of hydrogen-bond acceptors (Lipinski definition) is 1. The quantitative estimate of drug-likeness (QED) is 0.406. The van der Waals surface area contributed by atoms with Crippen LogP contribution in [0.1, 0.15) is 51.9 Å². The molecule has 0 heterocycles. The van der Waals surface area contributed by atoms with E-state index in [1.54, 1.807) is 0 Å². The Kier molecular flexibility index (Phi) is 8.27. The van der Waals surface area contributed by atoms with Crippen molar-refractivity contribution in [2.75, 3.05) is 6.61 Å². The van der Waals surface area contributed by atoms with Gasteiger partial charge in [0.25, 0.3) is 8.32 Å². The van der Waals surface area contributed by atoms with Crippen LogP contribution >= 0.6 is 0 Å². The maximum Gasteiger partial charge on any atom is 0.252 e. The lowest BCUT2D eigenvalue weighted by Gasteiger charge is -2.28. The van der Waals surface area contributed by atoms with Gasteiger partial charge in [-0.15, -0.1) is 0 Å². The van der Waals surface area contributed by atoms with Gasteiger partial charge in [0.2, 0.25) is 0 Å². The first kappa shape index (κ1) is 18.9. The summed E-state index contributed by atoms with van der Waals surface area (Å²) in [6.45, 7) is 5.48. The molecule has 130 valence electrons. The second kappa shape index (κ2) is 10.5. The van der Waals surface area contributed by atoms with Crippen LogP contribution < -0.4 is 10.4 Å². The summed E-state index contributed by atoms with van der Waals surface area (Å²) in [5.41, 5.74) is 0. The van der Waals surface area contributed by atoms with E-state index in [4.69, 9.17) is 4.43 Å². The number of hydrogen-bond donors (Lipinski definition) is 0. The normalized spacial score (nSPS) is 11.6. The van der Waals surface area contributed by atoms with Crippen LogP contribution in [0.3, 0.4) is 0 Å². The molecule has 2 rings (SSSR count). The number of rotatable bonds is 11. The second-order valence-electron chi connectivity index (χ2n) is 6.74. The maximum atomic E-state index is 6.57. The van der Waals surface area contributed by atoms with E-state index < -0.39 is 8.32 Å². The molecule has 0 amide bonds. The molecular formula is C22H32OSi. The van der Waals surface area contributed by atoms with Crippen LogP contribution in [0.25, 0.3) is 0 Å². The van der Waals surface area contributed by atoms with Crippen LogP contribution in [-0.2, 0) is 4.43 Å². The van der Waals surface area contributed by atoms with Gasteiger partial charge in [-0.1, -0.05) is 106 Å².